The number of furan rings is 1. The van der Waals surface area contributed by atoms with Gasteiger partial charge in [-0.15, -0.1) is 0 Å². The van der Waals surface area contributed by atoms with Crippen LogP contribution in [-0.4, -0.2) is 42.7 Å². The molecular formula is C24H27BrN2O4S. The Labute approximate surface area is 198 Å². The van der Waals surface area contributed by atoms with Crippen LogP contribution in [0.3, 0.4) is 0 Å². The van der Waals surface area contributed by atoms with Crippen molar-refractivity contribution in [2.45, 2.75) is 37.8 Å². The third-order valence-electron chi connectivity index (χ3n) is 5.08. The normalized spacial score (nSPS) is 11.8. The Kier molecular flexibility index (Phi) is 8.28. The summed E-state index contributed by atoms with van der Waals surface area (Å²) in [4.78, 5) is 15.1. The van der Waals surface area contributed by atoms with Gasteiger partial charge in [0.25, 0.3) is 0 Å². The SMILES string of the molecule is CC(C)N(CC(=O)N(CCc1ccccc1)Cc1ccco1)S(=O)(=O)c1ccc(Br)cc1. The molecule has 32 heavy (non-hydrogen) atoms. The summed E-state index contributed by atoms with van der Waals surface area (Å²) < 4.78 is 34.0. The first-order valence-corrected chi connectivity index (χ1v) is 12.6. The molecular weight excluding hydrogens is 492 g/mol. The highest BCUT2D eigenvalue weighted by molar-refractivity contribution is 9.10. The van der Waals surface area contributed by atoms with Crippen molar-refractivity contribution in [1.29, 1.82) is 0 Å². The number of carbonyl (C=O) groups is 1. The molecule has 0 aliphatic carbocycles. The second kappa shape index (κ2) is 10.9. The number of benzene rings is 2. The fourth-order valence-electron chi connectivity index (χ4n) is 3.31. The molecule has 0 saturated heterocycles. The minimum Gasteiger partial charge on any atom is -0.467 e. The van der Waals surface area contributed by atoms with Crippen LogP contribution in [0.2, 0.25) is 0 Å². The third-order valence-corrected chi connectivity index (χ3v) is 7.64. The molecule has 2 aromatic carbocycles. The number of amides is 1. The molecule has 6 nitrogen and oxygen atoms in total. The molecule has 3 rings (SSSR count). The Morgan fingerprint density at radius 1 is 1.00 bits per heavy atom. The van der Waals surface area contributed by atoms with E-state index in [1.165, 1.54) is 16.4 Å². The van der Waals surface area contributed by atoms with E-state index in [-0.39, 0.29) is 29.9 Å². The predicted molar refractivity (Wildman–Crippen MR) is 127 cm³/mol. The quantitative estimate of drug-likeness (QED) is 0.389. The van der Waals surface area contributed by atoms with Gasteiger partial charge in [0.1, 0.15) is 5.76 Å². The molecule has 0 radical (unpaired) electrons. The van der Waals surface area contributed by atoms with E-state index in [4.69, 9.17) is 4.42 Å². The van der Waals surface area contributed by atoms with Crippen LogP contribution >= 0.6 is 15.9 Å². The Morgan fingerprint density at radius 2 is 1.69 bits per heavy atom. The molecule has 1 aromatic heterocycles. The second-order valence-electron chi connectivity index (χ2n) is 7.73. The summed E-state index contributed by atoms with van der Waals surface area (Å²) in [5.74, 6) is 0.380. The number of carbonyl (C=O) groups excluding carboxylic acids is 1. The summed E-state index contributed by atoms with van der Waals surface area (Å²) in [7, 11) is -3.83. The number of hydrogen-bond donors (Lipinski definition) is 0. The molecule has 8 heteroatoms. The molecule has 1 heterocycles. The van der Waals surface area contributed by atoms with E-state index in [1.807, 2.05) is 36.4 Å². The lowest BCUT2D eigenvalue weighted by atomic mass is 10.1. The number of hydrogen-bond acceptors (Lipinski definition) is 4. The molecule has 0 unspecified atom stereocenters. The van der Waals surface area contributed by atoms with Crippen LogP contribution in [0, 0.1) is 0 Å². The van der Waals surface area contributed by atoms with Crippen LogP contribution in [-0.2, 0) is 27.8 Å². The average molecular weight is 519 g/mol. The maximum Gasteiger partial charge on any atom is 0.243 e. The highest BCUT2D eigenvalue weighted by atomic mass is 79.9. The van der Waals surface area contributed by atoms with Gasteiger partial charge in [-0.05, 0) is 62.2 Å². The van der Waals surface area contributed by atoms with Crippen molar-refractivity contribution in [3.8, 4) is 0 Å². The first-order chi connectivity index (χ1) is 15.3. The molecule has 170 valence electrons. The van der Waals surface area contributed by atoms with Gasteiger partial charge in [0.05, 0.1) is 24.2 Å². The van der Waals surface area contributed by atoms with Crippen LogP contribution in [0.4, 0.5) is 0 Å². The largest absolute Gasteiger partial charge is 0.467 e. The maximum atomic E-state index is 13.3. The molecule has 3 aromatic rings. The Morgan fingerprint density at radius 3 is 2.28 bits per heavy atom. The molecule has 0 aliphatic heterocycles. The fraction of sp³-hybridized carbons (Fsp3) is 0.292. The van der Waals surface area contributed by atoms with E-state index in [9.17, 15) is 13.2 Å². The predicted octanol–water partition coefficient (Wildman–Crippen LogP) is 4.71. The smallest absolute Gasteiger partial charge is 0.243 e. The van der Waals surface area contributed by atoms with E-state index in [0.29, 0.717) is 18.7 Å². The minimum atomic E-state index is -3.83. The van der Waals surface area contributed by atoms with Gasteiger partial charge in [-0.25, -0.2) is 8.42 Å². The van der Waals surface area contributed by atoms with Crippen molar-refractivity contribution in [3.63, 3.8) is 0 Å². The Hall–Kier alpha value is -2.42. The molecule has 0 N–H and O–H groups in total. The molecule has 0 aliphatic rings. The van der Waals surface area contributed by atoms with E-state index < -0.39 is 10.0 Å². The van der Waals surface area contributed by atoms with E-state index in [2.05, 4.69) is 15.9 Å². The lowest BCUT2D eigenvalue weighted by molar-refractivity contribution is -0.132. The summed E-state index contributed by atoms with van der Waals surface area (Å²) in [6, 6.07) is 19.5. The fourth-order valence-corrected chi connectivity index (χ4v) is 5.16. The summed E-state index contributed by atoms with van der Waals surface area (Å²) in [6.07, 6.45) is 2.22. The highest BCUT2D eigenvalue weighted by Gasteiger charge is 2.30. The van der Waals surface area contributed by atoms with Crippen LogP contribution in [0.5, 0.6) is 0 Å². The topological polar surface area (TPSA) is 70.8 Å². The van der Waals surface area contributed by atoms with Crippen molar-refractivity contribution in [2.24, 2.45) is 0 Å². The molecule has 1 amide bonds. The lowest BCUT2D eigenvalue weighted by Crippen LogP contribution is -2.46. The molecule has 0 fully saturated rings. The van der Waals surface area contributed by atoms with Gasteiger partial charge < -0.3 is 9.32 Å². The van der Waals surface area contributed by atoms with Crippen LogP contribution < -0.4 is 0 Å². The Bertz CT molecular complexity index is 1100. The second-order valence-corrected chi connectivity index (χ2v) is 10.5. The zero-order chi connectivity index (χ0) is 23.1. The van der Waals surface area contributed by atoms with Crippen LogP contribution in [0.1, 0.15) is 25.2 Å². The zero-order valence-electron chi connectivity index (χ0n) is 18.1. The third kappa shape index (κ3) is 6.31. The van der Waals surface area contributed by atoms with Gasteiger partial charge in [-0.1, -0.05) is 46.3 Å². The van der Waals surface area contributed by atoms with Gasteiger partial charge in [-0.3, -0.25) is 4.79 Å². The minimum absolute atomic E-state index is 0.157. The molecule has 0 saturated carbocycles. The maximum absolute atomic E-state index is 13.3. The first kappa shape index (κ1) is 24.2. The summed E-state index contributed by atoms with van der Waals surface area (Å²) in [5, 5.41) is 0. The molecule has 0 spiro atoms. The van der Waals surface area contributed by atoms with Crippen LogP contribution in [0.25, 0.3) is 0 Å². The van der Waals surface area contributed by atoms with Crippen molar-refractivity contribution >= 4 is 31.9 Å². The first-order valence-electron chi connectivity index (χ1n) is 10.4. The summed E-state index contributed by atoms with van der Waals surface area (Å²) in [6.45, 7) is 4.03. The van der Waals surface area contributed by atoms with Crippen molar-refractivity contribution in [3.05, 3.63) is 88.8 Å². The lowest BCUT2D eigenvalue weighted by Gasteiger charge is -2.29. The standard InChI is InChI=1S/C24H27BrN2O4S/c1-19(2)27(32(29,30)23-12-10-21(25)11-13-23)18-24(28)26(17-22-9-6-16-31-22)15-14-20-7-4-3-5-8-20/h3-13,16,19H,14-15,17-18H2,1-2H3. The average Bonchev–Trinajstić information content (AvgIpc) is 3.28. The van der Waals surface area contributed by atoms with Crippen molar-refractivity contribution in [1.82, 2.24) is 9.21 Å². The van der Waals surface area contributed by atoms with Gasteiger partial charge in [0, 0.05) is 17.1 Å². The Balaban J connectivity index is 1.80. The van der Waals surface area contributed by atoms with Gasteiger partial charge in [0.15, 0.2) is 0 Å². The van der Waals surface area contributed by atoms with Crippen molar-refractivity contribution in [2.75, 3.05) is 13.1 Å². The number of halogens is 1. The highest BCUT2D eigenvalue weighted by Crippen LogP contribution is 2.21. The van der Waals surface area contributed by atoms with Gasteiger partial charge in [-0.2, -0.15) is 4.31 Å². The molecule has 0 bridgehead atoms. The van der Waals surface area contributed by atoms with E-state index in [1.54, 1.807) is 43.2 Å². The summed E-state index contributed by atoms with van der Waals surface area (Å²) >= 11 is 3.32. The number of sulfonamides is 1. The van der Waals surface area contributed by atoms with Crippen molar-refractivity contribution < 1.29 is 17.6 Å². The van der Waals surface area contributed by atoms with E-state index >= 15 is 0 Å². The monoisotopic (exact) mass is 518 g/mol. The number of nitrogens with zero attached hydrogens (tertiary/aromatic N) is 2. The van der Waals surface area contributed by atoms with E-state index in [0.717, 1.165) is 10.0 Å². The van der Waals surface area contributed by atoms with Gasteiger partial charge in [0.2, 0.25) is 15.9 Å². The van der Waals surface area contributed by atoms with Crippen LogP contribution in [0.15, 0.2) is 86.8 Å². The zero-order valence-corrected chi connectivity index (χ0v) is 20.6. The number of rotatable bonds is 10. The van der Waals surface area contributed by atoms with Gasteiger partial charge >= 0.3 is 0 Å². The summed E-state index contributed by atoms with van der Waals surface area (Å²) in [5.41, 5.74) is 1.10. The molecule has 0 atom stereocenters.